The van der Waals surface area contributed by atoms with E-state index in [1.54, 1.807) is 0 Å². The summed E-state index contributed by atoms with van der Waals surface area (Å²) in [5.74, 6) is 0.497. The van der Waals surface area contributed by atoms with E-state index in [1.165, 1.54) is 0 Å². The van der Waals surface area contributed by atoms with Gasteiger partial charge in [-0.25, -0.2) is 0 Å². The van der Waals surface area contributed by atoms with Gasteiger partial charge in [-0.2, -0.15) is 0 Å². The minimum atomic E-state index is -0.744. The summed E-state index contributed by atoms with van der Waals surface area (Å²) in [7, 11) is 0. The molecule has 0 saturated heterocycles. The lowest BCUT2D eigenvalue weighted by molar-refractivity contribution is -0.131. The molecule has 0 aromatic carbocycles. The van der Waals surface area contributed by atoms with E-state index < -0.39 is 5.41 Å². The van der Waals surface area contributed by atoms with Gasteiger partial charge < -0.3 is 16.3 Å². The Bertz CT molecular complexity index is 283. The number of hydrogen-bond acceptors (Lipinski definition) is 3. The second-order valence-corrected chi connectivity index (χ2v) is 4.86. The molecule has 5 heteroatoms. The topological polar surface area (TPSA) is 87.7 Å². The summed E-state index contributed by atoms with van der Waals surface area (Å²) in [4.78, 5) is 11.9. The van der Waals surface area contributed by atoms with Crippen LogP contribution < -0.4 is 11.1 Å². The predicted molar refractivity (Wildman–Crippen MR) is 62.2 cm³/mol. The van der Waals surface area contributed by atoms with Crippen LogP contribution in [0.3, 0.4) is 0 Å². The van der Waals surface area contributed by atoms with Crippen LogP contribution in [0.2, 0.25) is 0 Å². The van der Waals surface area contributed by atoms with Gasteiger partial charge in [0.05, 0.1) is 0 Å². The van der Waals surface area contributed by atoms with Crippen LogP contribution in [0.4, 0.5) is 0 Å². The van der Waals surface area contributed by atoms with Crippen molar-refractivity contribution in [2.45, 2.75) is 39.5 Å². The Morgan fingerprint density at radius 1 is 1.56 bits per heavy atom. The first-order valence-electron chi connectivity index (χ1n) is 5.79. The van der Waals surface area contributed by atoms with E-state index >= 15 is 0 Å². The molecule has 1 saturated carbocycles. The summed E-state index contributed by atoms with van der Waals surface area (Å²) in [6.45, 7) is 4.86. The Morgan fingerprint density at radius 2 is 2.19 bits per heavy atom. The van der Waals surface area contributed by atoms with Crippen LogP contribution in [0.25, 0.3) is 0 Å². The Morgan fingerprint density at radius 3 is 2.56 bits per heavy atom. The van der Waals surface area contributed by atoms with Crippen molar-refractivity contribution in [3.63, 3.8) is 0 Å². The summed E-state index contributed by atoms with van der Waals surface area (Å²) in [5.41, 5.74) is 4.84. The normalized spacial score (nSPS) is 19.3. The number of nitrogens with two attached hydrogens (primary N) is 1. The van der Waals surface area contributed by atoms with Gasteiger partial charge in [-0.1, -0.05) is 25.4 Å². The smallest absolute Gasteiger partial charge is 0.233 e. The Balaban J connectivity index is 2.51. The minimum Gasteiger partial charge on any atom is -0.409 e. The van der Waals surface area contributed by atoms with E-state index in [9.17, 15) is 4.79 Å². The number of nitrogens with one attached hydrogen (secondary N) is 1. The zero-order valence-corrected chi connectivity index (χ0v) is 9.99. The zero-order valence-electron chi connectivity index (χ0n) is 9.99. The van der Waals surface area contributed by atoms with E-state index in [4.69, 9.17) is 10.9 Å². The van der Waals surface area contributed by atoms with Crippen molar-refractivity contribution in [3.8, 4) is 0 Å². The third-order valence-electron chi connectivity index (χ3n) is 3.25. The molecule has 92 valence electrons. The lowest BCUT2D eigenvalue weighted by atomic mass is 9.67. The number of carbonyl (C=O) groups excluding carboxylic acids is 1. The highest BCUT2D eigenvalue weighted by Crippen LogP contribution is 2.41. The van der Waals surface area contributed by atoms with Crippen LogP contribution in [-0.4, -0.2) is 23.5 Å². The van der Waals surface area contributed by atoms with Crippen LogP contribution in [0.5, 0.6) is 0 Å². The molecule has 0 radical (unpaired) electrons. The third-order valence-corrected chi connectivity index (χ3v) is 3.25. The van der Waals surface area contributed by atoms with Crippen molar-refractivity contribution >= 4 is 11.7 Å². The summed E-state index contributed by atoms with van der Waals surface area (Å²) in [6, 6.07) is 0. The minimum absolute atomic E-state index is 0.0424. The highest BCUT2D eigenvalue weighted by molar-refractivity contribution is 6.07. The molecule has 0 aromatic rings. The fraction of sp³-hybridized carbons (Fsp3) is 0.818. The van der Waals surface area contributed by atoms with Crippen LogP contribution in [0.15, 0.2) is 5.16 Å². The molecule has 1 aliphatic rings. The maximum atomic E-state index is 11.9. The van der Waals surface area contributed by atoms with Gasteiger partial charge in [0.1, 0.15) is 5.41 Å². The summed E-state index contributed by atoms with van der Waals surface area (Å²) >= 11 is 0. The lowest BCUT2D eigenvalue weighted by Crippen LogP contribution is -2.54. The van der Waals surface area contributed by atoms with Gasteiger partial charge >= 0.3 is 0 Å². The maximum Gasteiger partial charge on any atom is 0.233 e. The van der Waals surface area contributed by atoms with Crippen molar-refractivity contribution in [3.05, 3.63) is 0 Å². The summed E-state index contributed by atoms with van der Waals surface area (Å²) in [5, 5.41) is 14.5. The first kappa shape index (κ1) is 12.8. The lowest BCUT2D eigenvalue weighted by Gasteiger charge is -2.38. The molecule has 16 heavy (non-hydrogen) atoms. The molecule has 4 N–H and O–H groups in total. The van der Waals surface area contributed by atoms with Crippen molar-refractivity contribution < 1.29 is 10.0 Å². The van der Waals surface area contributed by atoms with Gasteiger partial charge in [0, 0.05) is 6.54 Å². The molecule has 0 aromatic heterocycles. The summed E-state index contributed by atoms with van der Waals surface area (Å²) in [6.07, 6.45) is 3.25. The molecule has 0 spiro atoms. The van der Waals surface area contributed by atoms with Gasteiger partial charge in [-0.3, -0.25) is 4.79 Å². The predicted octanol–water partition coefficient (Wildman–Crippen LogP) is 1.07. The number of amidine groups is 1. The molecule has 1 aliphatic carbocycles. The van der Waals surface area contributed by atoms with Crippen molar-refractivity contribution in [1.29, 1.82) is 0 Å². The van der Waals surface area contributed by atoms with E-state index in [0.29, 0.717) is 25.3 Å². The SMILES string of the molecule is CC(C)CCNC(=O)C1(C(N)=NO)CCC1. The summed E-state index contributed by atoms with van der Waals surface area (Å²) < 4.78 is 0. The van der Waals surface area contributed by atoms with E-state index in [0.717, 1.165) is 12.8 Å². The fourth-order valence-corrected chi connectivity index (χ4v) is 1.87. The number of oxime groups is 1. The molecule has 0 bridgehead atoms. The molecule has 0 unspecified atom stereocenters. The Kier molecular flexibility index (Phi) is 4.15. The monoisotopic (exact) mass is 227 g/mol. The van der Waals surface area contributed by atoms with Crippen molar-refractivity contribution in [2.24, 2.45) is 22.2 Å². The Labute approximate surface area is 96.1 Å². The highest BCUT2D eigenvalue weighted by atomic mass is 16.4. The number of rotatable bonds is 5. The quantitative estimate of drug-likeness (QED) is 0.284. The standard InChI is InChI=1S/C11H21N3O2/c1-8(2)4-7-13-10(15)11(5-3-6-11)9(12)14-16/h8,16H,3-7H2,1-2H3,(H2,12,14)(H,13,15). The molecule has 1 amide bonds. The second-order valence-electron chi connectivity index (χ2n) is 4.86. The van der Waals surface area contributed by atoms with Gasteiger partial charge in [0.15, 0.2) is 5.84 Å². The number of nitrogens with zero attached hydrogens (tertiary/aromatic N) is 1. The third kappa shape index (κ3) is 2.46. The van der Waals surface area contributed by atoms with E-state index in [-0.39, 0.29) is 11.7 Å². The number of hydrogen-bond donors (Lipinski definition) is 3. The second kappa shape index (κ2) is 5.18. The zero-order chi connectivity index (χ0) is 12.2. The number of amides is 1. The molecule has 1 rings (SSSR count). The maximum absolute atomic E-state index is 11.9. The van der Waals surface area contributed by atoms with Gasteiger partial charge in [0.25, 0.3) is 0 Å². The van der Waals surface area contributed by atoms with Crippen molar-refractivity contribution in [2.75, 3.05) is 6.54 Å². The average Bonchev–Trinajstić information content (AvgIpc) is 2.15. The molecular formula is C11H21N3O2. The molecule has 0 heterocycles. The fourth-order valence-electron chi connectivity index (χ4n) is 1.87. The van der Waals surface area contributed by atoms with Gasteiger partial charge in [0.2, 0.25) is 5.91 Å². The molecular weight excluding hydrogens is 206 g/mol. The number of carbonyl (C=O) groups is 1. The largest absolute Gasteiger partial charge is 0.409 e. The first-order chi connectivity index (χ1) is 7.53. The van der Waals surface area contributed by atoms with Gasteiger partial charge in [-0.05, 0) is 25.2 Å². The van der Waals surface area contributed by atoms with Crippen LogP contribution in [0.1, 0.15) is 39.5 Å². The highest BCUT2D eigenvalue weighted by Gasteiger charge is 2.48. The van der Waals surface area contributed by atoms with Crippen LogP contribution >= 0.6 is 0 Å². The first-order valence-corrected chi connectivity index (χ1v) is 5.79. The average molecular weight is 227 g/mol. The van der Waals surface area contributed by atoms with E-state index in [2.05, 4.69) is 24.3 Å². The van der Waals surface area contributed by atoms with E-state index in [1.807, 2.05) is 0 Å². The Hall–Kier alpha value is -1.26. The molecule has 1 fully saturated rings. The van der Waals surface area contributed by atoms with Crippen molar-refractivity contribution in [1.82, 2.24) is 5.32 Å². The van der Waals surface area contributed by atoms with Crippen LogP contribution in [-0.2, 0) is 4.79 Å². The molecule has 0 aliphatic heterocycles. The van der Waals surface area contributed by atoms with Gasteiger partial charge in [-0.15, -0.1) is 0 Å². The molecule has 5 nitrogen and oxygen atoms in total. The molecule has 0 atom stereocenters. The van der Waals surface area contributed by atoms with Crippen LogP contribution in [0, 0.1) is 11.3 Å².